The lowest BCUT2D eigenvalue weighted by molar-refractivity contribution is 0.476. The monoisotopic (exact) mass is 384 g/mol. The van der Waals surface area contributed by atoms with E-state index in [1.807, 2.05) is 30.3 Å². The van der Waals surface area contributed by atoms with Gasteiger partial charge < -0.3 is 5.32 Å². The number of hydrogen-bond donors (Lipinski definition) is 2. The summed E-state index contributed by atoms with van der Waals surface area (Å²) in [7, 11) is -3.35. The van der Waals surface area contributed by atoms with Crippen molar-refractivity contribution in [3.05, 3.63) is 57.5 Å². The van der Waals surface area contributed by atoms with Crippen molar-refractivity contribution in [2.24, 2.45) is 0 Å². The first-order valence-corrected chi connectivity index (χ1v) is 9.87. The average molecular weight is 385 g/mol. The highest BCUT2D eigenvalue weighted by Crippen LogP contribution is 2.17. The standard InChI is InChI=1S/C16H21ClN4O3S/c1-16(2,20-25(3,23)24)11-18-13-9-19-21(15(22)14(13)17)10-12-7-5-4-6-8-12/h4-9,18,20H,10-11H2,1-3H3. The third kappa shape index (κ3) is 5.84. The van der Waals surface area contributed by atoms with Crippen molar-refractivity contribution < 1.29 is 8.42 Å². The Kier molecular flexibility index (Phi) is 5.87. The van der Waals surface area contributed by atoms with Crippen LogP contribution in [-0.2, 0) is 16.6 Å². The van der Waals surface area contributed by atoms with Gasteiger partial charge in [-0.1, -0.05) is 41.9 Å². The van der Waals surface area contributed by atoms with Crippen LogP contribution in [0.5, 0.6) is 0 Å². The summed E-state index contributed by atoms with van der Waals surface area (Å²) in [6, 6.07) is 9.46. The summed E-state index contributed by atoms with van der Waals surface area (Å²) in [4.78, 5) is 12.4. The van der Waals surface area contributed by atoms with Gasteiger partial charge in [0.05, 0.1) is 24.7 Å². The first kappa shape index (κ1) is 19.4. The van der Waals surface area contributed by atoms with E-state index in [0.717, 1.165) is 11.8 Å². The molecule has 1 aromatic carbocycles. The van der Waals surface area contributed by atoms with Crippen molar-refractivity contribution in [3.63, 3.8) is 0 Å². The van der Waals surface area contributed by atoms with E-state index >= 15 is 0 Å². The Morgan fingerprint density at radius 1 is 1.24 bits per heavy atom. The fraction of sp³-hybridized carbons (Fsp3) is 0.375. The van der Waals surface area contributed by atoms with Crippen molar-refractivity contribution in [2.45, 2.75) is 25.9 Å². The van der Waals surface area contributed by atoms with Crippen molar-refractivity contribution in [1.29, 1.82) is 0 Å². The van der Waals surface area contributed by atoms with Crippen LogP contribution in [0.1, 0.15) is 19.4 Å². The van der Waals surface area contributed by atoms with Gasteiger partial charge >= 0.3 is 0 Å². The summed E-state index contributed by atoms with van der Waals surface area (Å²) in [6.07, 6.45) is 2.55. The first-order valence-electron chi connectivity index (χ1n) is 7.60. The SMILES string of the molecule is CC(C)(CNc1cnn(Cc2ccccc2)c(=O)c1Cl)NS(C)(=O)=O. The molecule has 0 atom stereocenters. The van der Waals surface area contributed by atoms with Gasteiger partial charge in [-0.05, 0) is 19.4 Å². The maximum atomic E-state index is 12.4. The van der Waals surface area contributed by atoms with E-state index in [9.17, 15) is 13.2 Å². The molecule has 2 aromatic rings. The van der Waals surface area contributed by atoms with Gasteiger partial charge in [0.15, 0.2) is 0 Å². The smallest absolute Gasteiger partial charge is 0.287 e. The predicted molar refractivity (Wildman–Crippen MR) is 99.6 cm³/mol. The van der Waals surface area contributed by atoms with E-state index in [1.165, 1.54) is 10.9 Å². The van der Waals surface area contributed by atoms with Gasteiger partial charge in [-0.25, -0.2) is 17.8 Å². The summed E-state index contributed by atoms with van der Waals surface area (Å²) in [5, 5.41) is 7.12. The van der Waals surface area contributed by atoms with Gasteiger partial charge in [0.25, 0.3) is 5.56 Å². The minimum Gasteiger partial charge on any atom is -0.381 e. The molecule has 0 aliphatic rings. The zero-order valence-corrected chi connectivity index (χ0v) is 15.9. The number of sulfonamides is 1. The molecule has 0 bridgehead atoms. The number of nitrogens with one attached hydrogen (secondary N) is 2. The summed E-state index contributed by atoms with van der Waals surface area (Å²) in [5.41, 5.74) is 0.131. The number of halogens is 1. The lowest BCUT2D eigenvalue weighted by Crippen LogP contribution is -2.47. The number of hydrogen-bond acceptors (Lipinski definition) is 5. The molecule has 0 saturated heterocycles. The van der Waals surface area contributed by atoms with Crippen LogP contribution in [0.4, 0.5) is 5.69 Å². The minimum absolute atomic E-state index is 0.0149. The highest BCUT2D eigenvalue weighted by atomic mass is 35.5. The quantitative estimate of drug-likeness (QED) is 0.757. The third-order valence-corrected chi connectivity index (χ3v) is 4.63. The lowest BCUT2D eigenvalue weighted by atomic mass is 10.1. The Labute approximate surface area is 152 Å². The largest absolute Gasteiger partial charge is 0.381 e. The first-order chi connectivity index (χ1) is 11.6. The number of aromatic nitrogens is 2. The molecule has 1 aromatic heterocycles. The fourth-order valence-electron chi connectivity index (χ4n) is 2.31. The van der Waals surface area contributed by atoms with Crippen LogP contribution < -0.4 is 15.6 Å². The van der Waals surface area contributed by atoms with Crippen LogP contribution in [0.15, 0.2) is 41.3 Å². The Morgan fingerprint density at radius 2 is 1.88 bits per heavy atom. The summed E-state index contributed by atoms with van der Waals surface area (Å²) < 4.78 is 26.5. The molecule has 0 aliphatic heterocycles. The van der Waals surface area contributed by atoms with Gasteiger partial charge in [0, 0.05) is 12.1 Å². The molecule has 0 spiro atoms. The highest BCUT2D eigenvalue weighted by molar-refractivity contribution is 7.88. The van der Waals surface area contributed by atoms with Crippen molar-refractivity contribution in [2.75, 3.05) is 18.1 Å². The zero-order chi connectivity index (χ0) is 18.7. The average Bonchev–Trinajstić information content (AvgIpc) is 2.50. The topological polar surface area (TPSA) is 93.1 Å². The molecule has 0 radical (unpaired) electrons. The van der Waals surface area contributed by atoms with Gasteiger partial charge in [0.2, 0.25) is 10.0 Å². The molecule has 0 fully saturated rings. The van der Waals surface area contributed by atoms with Crippen molar-refractivity contribution >= 4 is 27.3 Å². The second-order valence-electron chi connectivity index (χ2n) is 6.43. The Balaban J connectivity index is 2.13. The van der Waals surface area contributed by atoms with Gasteiger partial charge in [-0.15, -0.1) is 0 Å². The number of benzene rings is 1. The van der Waals surface area contributed by atoms with E-state index in [1.54, 1.807) is 13.8 Å². The van der Waals surface area contributed by atoms with Crippen LogP contribution in [0.25, 0.3) is 0 Å². The van der Waals surface area contributed by atoms with Crippen LogP contribution in [-0.4, -0.2) is 36.5 Å². The fourth-order valence-corrected chi connectivity index (χ4v) is 3.60. The Hall–Kier alpha value is -1.90. The molecule has 0 unspecified atom stereocenters. The second-order valence-corrected chi connectivity index (χ2v) is 8.56. The van der Waals surface area contributed by atoms with E-state index < -0.39 is 21.1 Å². The summed E-state index contributed by atoms with van der Waals surface area (Å²) in [6.45, 7) is 4.00. The Bertz CT molecular complexity index is 895. The Morgan fingerprint density at radius 3 is 2.48 bits per heavy atom. The zero-order valence-electron chi connectivity index (χ0n) is 14.3. The van der Waals surface area contributed by atoms with Gasteiger partial charge in [-0.2, -0.15) is 5.10 Å². The molecule has 0 aliphatic carbocycles. The summed E-state index contributed by atoms with van der Waals surface area (Å²) in [5.74, 6) is 0. The highest BCUT2D eigenvalue weighted by Gasteiger charge is 2.22. The van der Waals surface area contributed by atoms with E-state index in [4.69, 9.17) is 11.6 Å². The number of anilines is 1. The number of nitrogens with zero attached hydrogens (tertiary/aromatic N) is 2. The van der Waals surface area contributed by atoms with Crippen molar-refractivity contribution in [1.82, 2.24) is 14.5 Å². The van der Waals surface area contributed by atoms with Gasteiger partial charge in [-0.3, -0.25) is 4.79 Å². The van der Waals surface area contributed by atoms with Crippen LogP contribution >= 0.6 is 11.6 Å². The molecule has 2 N–H and O–H groups in total. The normalized spacial score (nSPS) is 12.2. The molecule has 9 heteroatoms. The molecule has 25 heavy (non-hydrogen) atoms. The molecule has 136 valence electrons. The summed E-state index contributed by atoms with van der Waals surface area (Å²) >= 11 is 6.15. The van der Waals surface area contributed by atoms with Crippen LogP contribution in [0.3, 0.4) is 0 Å². The molecule has 7 nitrogen and oxygen atoms in total. The maximum Gasteiger partial charge on any atom is 0.287 e. The lowest BCUT2D eigenvalue weighted by Gasteiger charge is -2.26. The second kappa shape index (κ2) is 7.55. The van der Waals surface area contributed by atoms with E-state index in [2.05, 4.69) is 15.1 Å². The van der Waals surface area contributed by atoms with E-state index in [-0.39, 0.29) is 11.6 Å². The maximum absolute atomic E-state index is 12.4. The molecule has 1 heterocycles. The molecule has 0 saturated carbocycles. The van der Waals surface area contributed by atoms with Gasteiger partial charge in [0.1, 0.15) is 5.02 Å². The number of rotatable bonds is 7. The van der Waals surface area contributed by atoms with Crippen molar-refractivity contribution in [3.8, 4) is 0 Å². The molecular formula is C16H21ClN4O3S. The van der Waals surface area contributed by atoms with Crippen LogP contribution in [0.2, 0.25) is 5.02 Å². The molecular weight excluding hydrogens is 364 g/mol. The molecule has 0 amide bonds. The predicted octanol–water partition coefficient (Wildman–Crippen LogP) is 1.68. The minimum atomic E-state index is -3.35. The van der Waals surface area contributed by atoms with E-state index in [0.29, 0.717) is 12.2 Å². The van der Waals surface area contributed by atoms with Crippen LogP contribution in [0, 0.1) is 0 Å². The molecule has 2 rings (SSSR count). The third-order valence-electron chi connectivity index (χ3n) is 3.34.